The molecule has 0 N–H and O–H groups in total. The van der Waals surface area contributed by atoms with E-state index in [4.69, 9.17) is 5.26 Å². The minimum absolute atomic E-state index is 0.00782. The van der Waals surface area contributed by atoms with E-state index in [2.05, 4.69) is 0 Å². The van der Waals surface area contributed by atoms with Gasteiger partial charge in [-0.3, -0.25) is 10.1 Å². The maximum absolute atomic E-state index is 10.5. The first-order chi connectivity index (χ1) is 6.15. The second kappa shape index (κ2) is 3.92. The molecule has 0 atom stereocenters. The van der Waals surface area contributed by atoms with Gasteiger partial charge in [0.1, 0.15) is 10.3 Å². The molecule has 1 aromatic carbocycles. The zero-order chi connectivity index (χ0) is 9.84. The molecule has 13 heavy (non-hydrogen) atoms. The van der Waals surface area contributed by atoms with Crippen molar-refractivity contribution < 1.29 is 4.92 Å². The number of thiocyanates is 1. The Labute approximate surface area is 79.3 Å². The van der Waals surface area contributed by atoms with Crippen LogP contribution in [0.4, 0.5) is 5.69 Å². The van der Waals surface area contributed by atoms with Crippen LogP contribution in [0.5, 0.6) is 0 Å². The van der Waals surface area contributed by atoms with Crippen molar-refractivity contribution in [1.29, 1.82) is 5.26 Å². The van der Waals surface area contributed by atoms with Crippen LogP contribution in [0, 0.1) is 27.7 Å². The standard InChI is InChI=1S/C8H6N2O2S/c1-6-2-3-8(13-5-9)7(4-6)10(11)12/h2-4H,1H3. The van der Waals surface area contributed by atoms with E-state index in [1.165, 1.54) is 6.07 Å². The van der Waals surface area contributed by atoms with Gasteiger partial charge in [0.25, 0.3) is 5.69 Å². The number of benzene rings is 1. The molecular weight excluding hydrogens is 188 g/mol. The summed E-state index contributed by atoms with van der Waals surface area (Å²) in [4.78, 5) is 10.4. The third-order valence-electron chi connectivity index (χ3n) is 1.47. The van der Waals surface area contributed by atoms with Crippen molar-refractivity contribution in [3.8, 4) is 5.40 Å². The number of nitrogens with zero attached hydrogens (tertiary/aromatic N) is 2. The second-order valence-corrected chi connectivity index (χ2v) is 3.25. The maximum Gasteiger partial charge on any atom is 0.284 e. The molecule has 0 amide bonds. The van der Waals surface area contributed by atoms with Crippen LogP contribution in [0.1, 0.15) is 5.56 Å². The number of hydrogen-bond donors (Lipinski definition) is 0. The van der Waals surface area contributed by atoms with Gasteiger partial charge in [-0.15, -0.1) is 0 Å². The molecule has 1 aromatic rings. The van der Waals surface area contributed by atoms with E-state index < -0.39 is 4.92 Å². The molecule has 0 saturated carbocycles. The van der Waals surface area contributed by atoms with E-state index in [0.717, 1.165) is 17.3 Å². The summed E-state index contributed by atoms with van der Waals surface area (Å²) >= 11 is 0.803. The summed E-state index contributed by atoms with van der Waals surface area (Å²) in [6.45, 7) is 1.77. The van der Waals surface area contributed by atoms with Crippen LogP contribution in [0.2, 0.25) is 0 Å². The molecule has 0 aliphatic rings. The van der Waals surface area contributed by atoms with Gasteiger partial charge in [0, 0.05) is 6.07 Å². The first-order valence-electron chi connectivity index (χ1n) is 3.46. The molecule has 0 unspecified atom stereocenters. The zero-order valence-electron chi connectivity index (χ0n) is 6.85. The smallest absolute Gasteiger partial charge is 0.258 e. The normalized spacial score (nSPS) is 9.23. The van der Waals surface area contributed by atoms with Crippen LogP contribution in [0.3, 0.4) is 0 Å². The molecule has 0 fully saturated rings. The first kappa shape index (κ1) is 9.55. The monoisotopic (exact) mass is 194 g/mol. The topological polar surface area (TPSA) is 66.9 Å². The Morgan fingerprint density at radius 3 is 2.85 bits per heavy atom. The lowest BCUT2D eigenvalue weighted by atomic mass is 10.2. The Morgan fingerprint density at radius 1 is 1.62 bits per heavy atom. The molecule has 4 nitrogen and oxygen atoms in total. The van der Waals surface area contributed by atoms with Gasteiger partial charge < -0.3 is 0 Å². The summed E-state index contributed by atoms with van der Waals surface area (Å²) in [5, 5.41) is 20.7. The molecule has 0 saturated heterocycles. The molecule has 0 bridgehead atoms. The lowest BCUT2D eigenvalue weighted by Crippen LogP contribution is -1.90. The molecule has 0 aromatic heterocycles. The minimum Gasteiger partial charge on any atom is -0.258 e. The summed E-state index contributed by atoms with van der Waals surface area (Å²) in [7, 11) is 0. The number of nitro groups is 1. The Bertz CT molecular complexity index is 384. The summed E-state index contributed by atoms with van der Waals surface area (Å²) in [6.07, 6.45) is 0. The highest BCUT2D eigenvalue weighted by molar-refractivity contribution is 8.03. The van der Waals surface area contributed by atoms with E-state index >= 15 is 0 Å². The van der Waals surface area contributed by atoms with E-state index in [1.54, 1.807) is 19.1 Å². The predicted octanol–water partition coefficient (Wildman–Crippen LogP) is 2.48. The SMILES string of the molecule is Cc1ccc(SC#N)c([N+](=O)[O-])c1. The van der Waals surface area contributed by atoms with E-state index in [-0.39, 0.29) is 5.69 Å². The minimum atomic E-state index is -0.479. The van der Waals surface area contributed by atoms with Crippen LogP contribution in [-0.2, 0) is 0 Å². The Balaban J connectivity index is 3.20. The largest absolute Gasteiger partial charge is 0.284 e. The summed E-state index contributed by atoms with van der Waals surface area (Å²) < 4.78 is 0. The number of nitriles is 1. The molecular formula is C8H6N2O2S. The summed E-state index contributed by atoms with van der Waals surface area (Å²) in [5.74, 6) is 0. The van der Waals surface area contributed by atoms with E-state index in [9.17, 15) is 10.1 Å². The van der Waals surface area contributed by atoms with Gasteiger partial charge in [-0.1, -0.05) is 6.07 Å². The van der Waals surface area contributed by atoms with E-state index in [0.29, 0.717) is 4.90 Å². The highest BCUT2D eigenvalue weighted by atomic mass is 32.2. The molecule has 66 valence electrons. The quantitative estimate of drug-likeness (QED) is 0.314. The number of thioether (sulfide) groups is 1. The van der Waals surface area contributed by atoms with Gasteiger partial charge in [0.2, 0.25) is 0 Å². The number of aryl methyl sites for hydroxylation is 1. The van der Waals surface area contributed by atoms with Crippen LogP contribution in [-0.4, -0.2) is 4.92 Å². The summed E-state index contributed by atoms with van der Waals surface area (Å²) in [5.41, 5.74) is 0.806. The maximum atomic E-state index is 10.5. The predicted molar refractivity (Wildman–Crippen MR) is 49.3 cm³/mol. The third kappa shape index (κ3) is 2.20. The van der Waals surface area contributed by atoms with Crippen molar-refractivity contribution in [1.82, 2.24) is 0 Å². The Morgan fingerprint density at radius 2 is 2.31 bits per heavy atom. The van der Waals surface area contributed by atoms with Crippen LogP contribution >= 0.6 is 11.8 Å². The van der Waals surface area contributed by atoms with Crippen molar-refractivity contribution in [3.05, 3.63) is 33.9 Å². The van der Waals surface area contributed by atoms with Gasteiger partial charge in [-0.25, -0.2) is 0 Å². The lowest BCUT2D eigenvalue weighted by Gasteiger charge is -1.97. The van der Waals surface area contributed by atoms with Gasteiger partial charge in [0.15, 0.2) is 0 Å². The summed E-state index contributed by atoms with van der Waals surface area (Å²) in [6, 6.07) is 4.79. The Kier molecular flexibility index (Phi) is 2.88. The lowest BCUT2D eigenvalue weighted by molar-refractivity contribution is -0.387. The number of rotatable bonds is 2. The highest BCUT2D eigenvalue weighted by Crippen LogP contribution is 2.28. The molecule has 0 spiro atoms. The number of hydrogen-bond acceptors (Lipinski definition) is 4. The van der Waals surface area contributed by atoms with Gasteiger partial charge in [-0.05, 0) is 30.3 Å². The zero-order valence-corrected chi connectivity index (χ0v) is 7.67. The molecule has 1 rings (SSSR count). The molecule has 5 heteroatoms. The Hall–Kier alpha value is -1.54. The van der Waals surface area contributed by atoms with Crippen molar-refractivity contribution in [3.63, 3.8) is 0 Å². The second-order valence-electron chi connectivity index (χ2n) is 2.42. The van der Waals surface area contributed by atoms with Crippen LogP contribution < -0.4 is 0 Å². The van der Waals surface area contributed by atoms with E-state index in [1.807, 2.05) is 5.40 Å². The van der Waals surface area contributed by atoms with Crippen LogP contribution in [0.15, 0.2) is 23.1 Å². The van der Waals surface area contributed by atoms with Gasteiger partial charge >= 0.3 is 0 Å². The van der Waals surface area contributed by atoms with Gasteiger partial charge in [0.05, 0.1) is 4.92 Å². The van der Waals surface area contributed by atoms with Crippen molar-refractivity contribution in [2.45, 2.75) is 11.8 Å². The molecule has 0 radical (unpaired) electrons. The van der Waals surface area contributed by atoms with Crippen molar-refractivity contribution >= 4 is 17.4 Å². The van der Waals surface area contributed by atoms with Crippen molar-refractivity contribution in [2.24, 2.45) is 0 Å². The third-order valence-corrected chi connectivity index (χ3v) is 2.12. The highest BCUT2D eigenvalue weighted by Gasteiger charge is 2.13. The fourth-order valence-corrected chi connectivity index (χ4v) is 1.38. The average molecular weight is 194 g/mol. The van der Waals surface area contributed by atoms with Gasteiger partial charge in [-0.2, -0.15) is 5.26 Å². The number of nitro benzene ring substituents is 1. The molecule has 0 aliphatic heterocycles. The van der Waals surface area contributed by atoms with Crippen LogP contribution in [0.25, 0.3) is 0 Å². The fourth-order valence-electron chi connectivity index (χ4n) is 0.906. The molecule has 0 heterocycles. The molecule has 0 aliphatic carbocycles. The fraction of sp³-hybridized carbons (Fsp3) is 0.125. The van der Waals surface area contributed by atoms with Crippen molar-refractivity contribution in [2.75, 3.05) is 0 Å². The first-order valence-corrected chi connectivity index (χ1v) is 4.28. The average Bonchev–Trinajstić information content (AvgIpc) is 2.08.